The number of halogens is 2. The molecule has 0 fully saturated rings. The van der Waals surface area contributed by atoms with Crippen LogP contribution in [0.4, 0.5) is 4.39 Å². The first-order valence-corrected chi connectivity index (χ1v) is 5.85. The first kappa shape index (κ1) is 13.4. The highest BCUT2D eigenvalue weighted by molar-refractivity contribution is 6.34. The van der Waals surface area contributed by atoms with Crippen molar-refractivity contribution in [3.63, 3.8) is 0 Å². The van der Waals surface area contributed by atoms with E-state index in [1.807, 2.05) is 0 Å². The highest BCUT2D eigenvalue weighted by Gasteiger charge is 2.17. The average molecular weight is 281 g/mol. The molecule has 0 spiro atoms. The van der Waals surface area contributed by atoms with E-state index < -0.39 is 11.6 Å². The zero-order valence-corrected chi connectivity index (χ0v) is 10.8. The molecule has 0 aliphatic rings. The number of carbonyl (C=O) groups is 2. The van der Waals surface area contributed by atoms with Gasteiger partial charge in [0.2, 0.25) is 0 Å². The van der Waals surface area contributed by atoms with Crippen molar-refractivity contribution in [3.8, 4) is 0 Å². The van der Waals surface area contributed by atoms with E-state index >= 15 is 0 Å². The number of aryl methyl sites for hydroxylation is 1. The third-order valence-corrected chi connectivity index (χ3v) is 2.89. The van der Waals surface area contributed by atoms with Crippen LogP contribution >= 0.6 is 11.6 Å². The van der Waals surface area contributed by atoms with Crippen LogP contribution in [0.3, 0.4) is 0 Å². The molecule has 0 radical (unpaired) electrons. The van der Waals surface area contributed by atoms with Crippen molar-refractivity contribution in [3.05, 3.63) is 52.6 Å². The van der Waals surface area contributed by atoms with Gasteiger partial charge in [0, 0.05) is 18.8 Å². The fourth-order valence-corrected chi connectivity index (χ4v) is 1.90. The molecule has 0 unspecified atom stereocenters. The first-order valence-electron chi connectivity index (χ1n) is 5.47. The van der Waals surface area contributed by atoms with Gasteiger partial charge in [-0.3, -0.25) is 14.3 Å². The minimum absolute atomic E-state index is 0.00369. The van der Waals surface area contributed by atoms with Gasteiger partial charge in [-0.25, -0.2) is 4.39 Å². The summed E-state index contributed by atoms with van der Waals surface area (Å²) in [5, 5.41) is 3.86. The zero-order valence-electron chi connectivity index (χ0n) is 10.1. The summed E-state index contributed by atoms with van der Waals surface area (Å²) in [7, 11) is 1.68. The Balaban J connectivity index is 2.15. The second-order valence-corrected chi connectivity index (χ2v) is 4.46. The molecule has 1 aromatic heterocycles. The van der Waals surface area contributed by atoms with Crippen LogP contribution in [0.2, 0.25) is 5.02 Å². The number of ketones is 2. The molecule has 0 saturated carbocycles. The van der Waals surface area contributed by atoms with E-state index in [9.17, 15) is 14.0 Å². The molecule has 0 aliphatic heterocycles. The van der Waals surface area contributed by atoms with Crippen molar-refractivity contribution in [2.24, 2.45) is 7.05 Å². The minimum atomic E-state index is -0.528. The predicted molar refractivity (Wildman–Crippen MR) is 67.9 cm³/mol. The van der Waals surface area contributed by atoms with E-state index in [1.165, 1.54) is 23.1 Å². The molecule has 4 nitrogen and oxygen atoms in total. The van der Waals surface area contributed by atoms with Crippen LogP contribution in [0.5, 0.6) is 0 Å². The lowest BCUT2D eigenvalue weighted by Gasteiger charge is -2.02. The summed E-state index contributed by atoms with van der Waals surface area (Å²) in [6.07, 6.45) is 2.60. The molecule has 0 amide bonds. The van der Waals surface area contributed by atoms with Crippen LogP contribution in [0, 0.1) is 5.82 Å². The molecule has 1 aromatic carbocycles. The number of hydrogen-bond donors (Lipinski definition) is 0. The SMILES string of the molecule is Cn1cc(C(=O)CC(=O)c2ccc(F)cc2Cl)cn1. The third kappa shape index (κ3) is 3.06. The summed E-state index contributed by atoms with van der Waals surface area (Å²) >= 11 is 5.77. The molecule has 19 heavy (non-hydrogen) atoms. The molecule has 1 heterocycles. The third-order valence-electron chi connectivity index (χ3n) is 2.58. The maximum Gasteiger partial charge on any atom is 0.173 e. The zero-order chi connectivity index (χ0) is 14.0. The van der Waals surface area contributed by atoms with Crippen molar-refractivity contribution in [2.45, 2.75) is 6.42 Å². The van der Waals surface area contributed by atoms with Gasteiger partial charge in [-0.2, -0.15) is 5.10 Å². The Bertz CT molecular complexity index is 652. The molecule has 98 valence electrons. The van der Waals surface area contributed by atoms with E-state index in [2.05, 4.69) is 5.10 Å². The largest absolute Gasteiger partial charge is 0.294 e. The molecule has 0 atom stereocenters. The fraction of sp³-hybridized carbons (Fsp3) is 0.154. The van der Waals surface area contributed by atoms with E-state index in [1.54, 1.807) is 7.05 Å². The number of Topliss-reactive ketones (excluding diaryl/α,β-unsaturated/α-hetero) is 2. The van der Waals surface area contributed by atoms with Crippen molar-refractivity contribution in [2.75, 3.05) is 0 Å². The van der Waals surface area contributed by atoms with E-state index in [0.29, 0.717) is 5.56 Å². The summed E-state index contributed by atoms with van der Waals surface area (Å²) in [5.74, 6) is -1.32. The maximum absolute atomic E-state index is 12.9. The van der Waals surface area contributed by atoms with Gasteiger partial charge in [-0.05, 0) is 18.2 Å². The van der Waals surface area contributed by atoms with Crippen LogP contribution in [-0.4, -0.2) is 21.3 Å². The molecule has 0 aliphatic carbocycles. The molecule has 0 bridgehead atoms. The van der Waals surface area contributed by atoms with Crippen LogP contribution in [-0.2, 0) is 7.05 Å². The van der Waals surface area contributed by atoms with Gasteiger partial charge in [0.1, 0.15) is 5.82 Å². The van der Waals surface area contributed by atoms with Crippen LogP contribution in [0.25, 0.3) is 0 Å². The second-order valence-electron chi connectivity index (χ2n) is 4.05. The lowest BCUT2D eigenvalue weighted by molar-refractivity contribution is 0.0894. The van der Waals surface area contributed by atoms with Crippen molar-refractivity contribution >= 4 is 23.2 Å². The number of rotatable bonds is 4. The van der Waals surface area contributed by atoms with Gasteiger partial charge in [0.15, 0.2) is 11.6 Å². The molecular weight excluding hydrogens is 271 g/mol. The number of nitrogens with zero attached hydrogens (tertiary/aromatic N) is 2. The Morgan fingerprint density at radius 3 is 2.68 bits per heavy atom. The Hall–Kier alpha value is -2.01. The standard InChI is InChI=1S/C13H10ClFN2O2/c1-17-7-8(6-16-17)12(18)5-13(19)10-3-2-9(15)4-11(10)14/h2-4,6-7H,5H2,1H3. The van der Waals surface area contributed by atoms with E-state index in [0.717, 1.165) is 12.1 Å². The molecule has 0 N–H and O–H groups in total. The smallest absolute Gasteiger partial charge is 0.173 e. The van der Waals surface area contributed by atoms with Gasteiger partial charge in [0.05, 0.1) is 23.2 Å². The fourth-order valence-electron chi connectivity index (χ4n) is 1.62. The lowest BCUT2D eigenvalue weighted by atomic mass is 10.0. The summed E-state index contributed by atoms with van der Waals surface area (Å²) in [5.41, 5.74) is 0.495. The molecule has 6 heteroatoms. The van der Waals surface area contributed by atoms with Crippen molar-refractivity contribution in [1.29, 1.82) is 0 Å². The minimum Gasteiger partial charge on any atom is -0.294 e. The van der Waals surface area contributed by atoms with Crippen molar-refractivity contribution < 1.29 is 14.0 Å². The van der Waals surface area contributed by atoms with Gasteiger partial charge in [0.25, 0.3) is 0 Å². The lowest BCUT2D eigenvalue weighted by Crippen LogP contribution is -2.08. The van der Waals surface area contributed by atoms with Gasteiger partial charge in [-0.1, -0.05) is 11.6 Å². The highest BCUT2D eigenvalue weighted by atomic mass is 35.5. The average Bonchev–Trinajstić information content (AvgIpc) is 2.75. The highest BCUT2D eigenvalue weighted by Crippen LogP contribution is 2.19. The monoisotopic (exact) mass is 280 g/mol. The Morgan fingerprint density at radius 1 is 1.37 bits per heavy atom. The second kappa shape index (κ2) is 5.32. The first-order chi connectivity index (χ1) is 8.97. The maximum atomic E-state index is 12.9. The number of hydrogen-bond acceptors (Lipinski definition) is 3. The molecular formula is C13H10ClFN2O2. The van der Waals surface area contributed by atoms with Crippen LogP contribution in [0.1, 0.15) is 27.1 Å². The number of benzene rings is 1. The van der Waals surface area contributed by atoms with Gasteiger partial charge < -0.3 is 0 Å². The Labute approximate surface area is 113 Å². The van der Waals surface area contributed by atoms with Crippen molar-refractivity contribution in [1.82, 2.24) is 9.78 Å². The van der Waals surface area contributed by atoms with E-state index in [4.69, 9.17) is 11.6 Å². The Morgan fingerprint density at radius 2 is 2.11 bits per heavy atom. The molecule has 2 aromatic rings. The summed E-state index contributed by atoms with van der Waals surface area (Å²) in [4.78, 5) is 23.7. The topological polar surface area (TPSA) is 52.0 Å². The summed E-state index contributed by atoms with van der Waals surface area (Å²) in [6.45, 7) is 0. The van der Waals surface area contributed by atoms with Gasteiger partial charge in [-0.15, -0.1) is 0 Å². The number of carbonyl (C=O) groups excluding carboxylic acids is 2. The van der Waals surface area contributed by atoms with Crippen LogP contribution in [0.15, 0.2) is 30.6 Å². The summed E-state index contributed by atoms with van der Waals surface area (Å²) in [6, 6.07) is 3.45. The quantitative estimate of drug-likeness (QED) is 0.639. The normalized spacial score (nSPS) is 10.5. The van der Waals surface area contributed by atoms with Gasteiger partial charge >= 0.3 is 0 Å². The molecule has 0 saturated heterocycles. The van der Waals surface area contributed by atoms with Crippen LogP contribution < -0.4 is 0 Å². The Kier molecular flexibility index (Phi) is 3.76. The summed E-state index contributed by atoms with van der Waals surface area (Å²) < 4.78 is 14.3. The number of aromatic nitrogens is 2. The van der Waals surface area contributed by atoms with E-state index in [-0.39, 0.29) is 22.8 Å². The molecule has 2 rings (SSSR count). The predicted octanol–water partition coefficient (Wildman–Crippen LogP) is 2.67.